The van der Waals surface area contributed by atoms with Crippen LogP contribution in [0.15, 0.2) is 29.2 Å². The normalized spacial score (nSPS) is 13.6. The molecule has 1 N–H and O–H groups in total. The van der Waals surface area contributed by atoms with Crippen LogP contribution in [0, 0.1) is 0 Å². The third-order valence-electron chi connectivity index (χ3n) is 2.44. The van der Waals surface area contributed by atoms with E-state index < -0.39 is 9.84 Å². The number of rotatable bonds is 6. The molecule has 0 radical (unpaired) electrons. The molecule has 0 aromatic heterocycles. The van der Waals surface area contributed by atoms with Gasteiger partial charge in [-0.2, -0.15) is 0 Å². The van der Waals surface area contributed by atoms with Crippen molar-refractivity contribution in [2.24, 2.45) is 0 Å². The van der Waals surface area contributed by atoms with Crippen LogP contribution in [0.25, 0.3) is 0 Å². The van der Waals surface area contributed by atoms with Gasteiger partial charge >= 0.3 is 0 Å². The number of aliphatic hydroxyl groups is 1. The van der Waals surface area contributed by atoms with E-state index >= 15 is 0 Å². The van der Waals surface area contributed by atoms with E-state index in [0.29, 0.717) is 24.3 Å². The number of sulfone groups is 1. The molecular formula is C12H17ClO3S. The molecule has 0 spiro atoms. The molecular weight excluding hydrogens is 260 g/mol. The van der Waals surface area contributed by atoms with E-state index in [2.05, 4.69) is 0 Å². The fourth-order valence-corrected chi connectivity index (χ4v) is 3.18. The van der Waals surface area contributed by atoms with E-state index in [-0.39, 0.29) is 16.8 Å². The van der Waals surface area contributed by atoms with Crippen LogP contribution in [-0.4, -0.2) is 25.4 Å². The summed E-state index contributed by atoms with van der Waals surface area (Å²) >= 11 is 5.76. The molecule has 0 aliphatic rings. The number of hydrogen-bond donors (Lipinski definition) is 1. The second-order valence-electron chi connectivity index (χ2n) is 4.12. The third kappa shape index (κ3) is 5.06. The molecule has 0 heterocycles. The average molecular weight is 277 g/mol. The second-order valence-corrected chi connectivity index (χ2v) is 6.67. The first kappa shape index (κ1) is 14.5. The van der Waals surface area contributed by atoms with Crippen LogP contribution < -0.4 is 0 Å². The topological polar surface area (TPSA) is 54.4 Å². The molecule has 5 heteroatoms. The summed E-state index contributed by atoms with van der Waals surface area (Å²) in [5, 5.41) is 9.49. The SMILES string of the molecule is CC(O)CCCCS(=O)(=O)c1cccc(Cl)c1. The number of aliphatic hydroxyl groups excluding tert-OH is 1. The van der Waals surface area contributed by atoms with Crippen molar-refractivity contribution in [3.8, 4) is 0 Å². The summed E-state index contributed by atoms with van der Waals surface area (Å²) in [6.45, 7) is 1.70. The molecule has 0 saturated carbocycles. The van der Waals surface area contributed by atoms with Gasteiger partial charge in [-0.15, -0.1) is 0 Å². The quantitative estimate of drug-likeness (QED) is 0.813. The standard InChI is InChI=1S/C12H17ClO3S/c1-10(14)5-2-3-8-17(15,16)12-7-4-6-11(13)9-12/h4,6-7,9-10,14H,2-3,5,8H2,1H3. The predicted octanol–water partition coefficient (Wildman–Crippen LogP) is 2.66. The maximum Gasteiger partial charge on any atom is 0.178 e. The Labute approximate surface area is 107 Å². The van der Waals surface area contributed by atoms with Crippen molar-refractivity contribution in [2.45, 2.75) is 37.2 Å². The molecule has 0 fully saturated rings. The lowest BCUT2D eigenvalue weighted by Crippen LogP contribution is -2.08. The van der Waals surface area contributed by atoms with Crippen LogP contribution in [0.5, 0.6) is 0 Å². The van der Waals surface area contributed by atoms with Crippen molar-refractivity contribution in [1.82, 2.24) is 0 Å². The minimum atomic E-state index is -3.25. The third-order valence-corrected chi connectivity index (χ3v) is 4.47. The molecule has 1 aromatic rings. The van der Waals surface area contributed by atoms with E-state index in [1.165, 1.54) is 6.07 Å². The summed E-state index contributed by atoms with van der Waals surface area (Å²) in [4.78, 5) is 0.266. The van der Waals surface area contributed by atoms with Gasteiger partial charge in [0.15, 0.2) is 9.84 Å². The van der Waals surface area contributed by atoms with Gasteiger partial charge in [-0.3, -0.25) is 0 Å². The van der Waals surface area contributed by atoms with Crippen molar-refractivity contribution < 1.29 is 13.5 Å². The summed E-state index contributed by atoms with van der Waals surface area (Å²) in [5.74, 6) is 0.0973. The summed E-state index contributed by atoms with van der Waals surface area (Å²) in [6, 6.07) is 6.29. The van der Waals surface area contributed by atoms with Gasteiger partial charge in [0.1, 0.15) is 0 Å². The Bertz CT molecular complexity index is 455. The molecule has 0 bridgehead atoms. The van der Waals surface area contributed by atoms with Crippen molar-refractivity contribution in [1.29, 1.82) is 0 Å². The highest BCUT2D eigenvalue weighted by atomic mass is 35.5. The number of unbranched alkanes of at least 4 members (excludes halogenated alkanes) is 1. The van der Waals surface area contributed by atoms with Crippen LogP contribution in [0.3, 0.4) is 0 Å². The van der Waals surface area contributed by atoms with E-state index in [1.54, 1.807) is 25.1 Å². The summed E-state index contributed by atoms with van der Waals surface area (Å²) < 4.78 is 23.8. The van der Waals surface area contributed by atoms with Gasteiger partial charge < -0.3 is 5.11 Å². The smallest absolute Gasteiger partial charge is 0.178 e. The van der Waals surface area contributed by atoms with E-state index in [0.717, 1.165) is 0 Å². The van der Waals surface area contributed by atoms with Crippen LogP contribution in [0.1, 0.15) is 26.2 Å². The van der Waals surface area contributed by atoms with Crippen molar-refractivity contribution in [3.05, 3.63) is 29.3 Å². The van der Waals surface area contributed by atoms with Gasteiger partial charge in [0.25, 0.3) is 0 Å². The number of benzene rings is 1. The Hall–Kier alpha value is -0.580. The lowest BCUT2D eigenvalue weighted by Gasteiger charge is -2.06. The zero-order chi connectivity index (χ0) is 12.9. The maximum absolute atomic E-state index is 11.9. The van der Waals surface area contributed by atoms with Gasteiger partial charge in [0.05, 0.1) is 16.8 Å². The molecule has 0 saturated heterocycles. The molecule has 0 aliphatic carbocycles. The minimum absolute atomic E-state index is 0.0973. The Morgan fingerprint density at radius 2 is 2.06 bits per heavy atom. The van der Waals surface area contributed by atoms with Crippen LogP contribution in [0.4, 0.5) is 0 Å². The first-order chi connectivity index (χ1) is 7.92. The number of halogens is 1. The van der Waals surface area contributed by atoms with Crippen LogP contribution in [0.2, 0.25) is 5.02 Å². The predicted molar refractivity (Wildman–Crippen MR) is 69.0 cm³/mol. The highest BCUT2D eigenvalue weighted by molar-refractivity contribution is 7.91. The molecule has 96 valence electrons. The van der Waals surface area contributed by atoms with Crippen LogP contribution >= 0.6 is 11.6 Å². The average Bonchev–Trinajstić information content (AvgIpc) is 2.24. The molecule has 17 heavy (non-hydrogen) atoms. The van der Waals surface area contributed by atoms with Gasteiger partial charge in [0, 0.05) is 5.02 Å². The van der Waals surface area contributed by atoms with Crippen molar-refractivity contribution >= 4 is 21.4 Å². The Balaban J connectivity index is 2.57. The van der Waals surface area contributed by atoms with E-state index in [9.17, 15) is 8.42 Å². The fraction of sp³-hybridized carbons (Fsp3) is 0.500. The van der Waals surface area contributed by atoms with Crippen molar-refractivity contribution in [2.75, 3.05) is 5.75 Å². The zero-order valence-corrected chi connectivity index (χ0v) is 11.3. The van der Waals surface area contributed by atoms with E-state index in [4.69, 9.17) is 16.7 Å². The maximum atomic E-state index is 11.9. The Morgan fingerprint density at radius 1 is 1.35 bits per heavy atom. The molecule has 0 amide bonds. The minimum Gasteiger partial charge on any atom is -0.393 e. The molecule has 1 rings (SSSR count). The van der Waals surface area contributed by atoms with Crippen molar-refractivity contribution in [3.63, 3.8) is 0 Å². The van der Waals surface area contributed by atoms with Gasteiger partial charge in [-0.1, -0.05) is 17.7 Å². The zero-order valence-electron chi connectivity index (χ0n) is 9.77. The highest BCUT2D eigenvalue weighted by Crippen LogP contribution is 2.18. The molecule has 1 aromatic carbocycles. The summed E-state index contributed by atoms with van der Waals surface area (Å²) in [6.07, 6.45) is 1.52. The lowest BCUT2D eigenvalue weighted by molar-refractivity contribution is 0.181. The van der Waals surface area contributed by atoms with Crippen LogP contribution in [-0.2, 0) is 9.84 Å². The first-order valence-electron chi connectivity index (χ1n) is 5.58. The molecule has 0 aliphatic heterocycles. The molecule has 1 atom stereocenters. The largest absolute Gasteiger partial charge is 0.393 e. The van der Waals surface area contributed by atoms with Gasteiger partial charge in [-0.25, -0.2) is 8.42 Å². The molecule has 1 unspecified atom stereocenters. The first-order valence-corrected chi connectivity index (χ1v) is 7.61. The summed E-state index contributed by atoms with van der Waals surface area (Å²) in [5.41, 5.74) is 0. The fourth-order valence-electron chi connectivity index (χ4n) is 1.51. The summed E-state index contributed by atoms with van der Waals surface area (Å²) in [7, 11) is -3.25. The second kappa shape index (κ2) is 6.38. The number of hydrogen-bond acceptors (Lipinski definition) is 3. The Morgan fingerprint density at radius 3 is 2.65 bits per heavy atom. The Kier molecular flexibility index (Phi) is 5.43. The monoisotopic (exact) mass is 276 g/mol. The molecule has 3 nitrogen and oxygen atoms in total. The van der Waals surface area contributed by atoms with E-state index in [1.807, 2.05) is 0 Å². The lowest BCUT2D eigenvalue weighted by atomic mass is 10.2. The van der Waals surface area contributed by atoms with Gasteiger partial charge in [0.2, 0.25) is 0 Å². The van der Waals surface area contributed by atoms with Gasteiger partial charge in [-0.05, 0) is 44.4 Å². The highest BCUT2D eigenvalue weighted by Gasteiger charge is 2.14.